The fourth-order valence-electron chi connectivity index (χ4n) is 3.05. The van der Waals surface area contributed by atoms with E-state index < -0.39 is 17.5 Å². The predicted octanol–water partition coefficient (Wildman–Crippen LogP) is 2.97. The molecular weight excluding hydrogens is 399 g/mol. The molecule has 3 aromatic rings. The highest BCUT2D eigenvalue weighted by molar-refractivity contribution is 5.59. The van der Waals surface area contributed by atoms with E-state index in [-0.39, 0.29) is 17.5 Å². The molecule has 0 atom stereocenters. The number of halogens is 3. The van der Waals surface area contributed by atoms with Crippen molar-refractivity contribution in [3.05, 3.63) is 47.9 Å². The lowest BCUT2D eigenvalue weighted by atomic mass is 9.98. The number of hydrogen-bond acceptors (Lipinski definition) is 8. The summed E-state index contributed by atoms with van der Waals surface area (Å²) in [5.41, 5.74) is -0.483. The Morgan fingerprint density at radius 1 is 1.10 bits per heavy atom. The van der Waals surface area contributed by atoms with E-state index in [0.29, 0.717) is 24.7 Å². The van der Waals surface area contributed by atoms with Crippen molar-refractivity contribution < 1.29 is 18.3 Å². The van der Waals surface area contributed by atoms with Crippen molar-refractivity contribution >= 4 is 17.6 Å². The molecule has 3 aromatic heterocycles. The maximum absolute atomic E-state index is 13.0. The molecule has 1 aliphatic rings. The number of nitrogens with one attached hydrogen (secondary N) is 1. The minimum atomic E-state index is -4.57. The summed E-state index contributed by atoms with van der Waals surface area (Å²) < 4.78 is 38.9. The molecule has 30 heavy (non-hydrogen) atoms. The van der Waals surface area contributed by atoms with Crippen LogP contribution in [0.25, 0.3) is 11.5 Å². The molecule has 0 amide bonds. The first kappa shape index (κ1) is 20.0. The normalized spacial score (nSPS) is 15.6. The molecule has 0 radical (unpaired) electrons. The summed E-state index contributed by atoms with van der Waals surface area (Å²) in [6.07, 6.45) is -3.51. The zero-order valence-corrected chi connectivity index (χ0v) is 16.1. The summed E-state index contributed by atoms with van der Waals surface area (Å²) in [6, 6.07) is 7.63. The number of nitrogens with zero attached hydrogens (tertiary/aromatic N) is 6. The topological polar surface area (TPSA) is 100.0 Å². The average molecular weight is 417 g/mol. The van der Waals surface area contributed by atoms with Crippen LogP contribution in [0.2, 0.25) is 0 Å². The van der Waals surface area contributed by atoms with Gasteiger partial charge in [-0.15, -0.1) is 0 Å². The van der Waals surface area contributed by atoms with Gasteiger partial charge in [0, 0.05) is 17.6 Å². The van der Waals surface area contributed by atoms with Gasteiger partial charge >= 0.3 is 6.18 Å². The Labute approximate surface area is 169 Å². The van der Waals surface area contributed by atoms with Crippen LogP contribution in [0.1, 0.15) is 18.3 Å². The van der Waals surface area contributed by atoms with Crippen molar-refractivity contribution in [2.75, 3.05) is 23.3 Å². The highest BCUT2D eigenvalue weighted by atomic mass is 19.4. The van der Waals surface area contributed by atoms with Crippen LogP contribution >= 0.6 is 0 Å². The van der Waals surface area contributed by atoms with Gasteiger partial charge in [-0.05, 0) is 38.1 Å². The molecule has 156 valence electrons. The molecule has 0 aliphatic carbocycles. The molecule has 0 spiro atoms. The van der Waals surface area contributed by atoms with E-state index in [1.165, 1.54) is 6.07 Å². The smallest absolute Gasteiger partial charge is 0.386 e. The molecule has 4 heterocycles. The number of aryl methyl sites for hydroxylation is 1. The summed E-state index contributed by atoms with van der Waals surface area (Å²) in [5.74, 6) is 0.620. The van der Waals surface area contributed by atoms with E-state index in [1.54, 1.807) is 24.0 Å². The summed E-state index contributed by atoms with van der Waals surface area (Å²) in [5, 5.41) is 12.8. The number of pyridine rings is 2. The maximum Gasteiger partial charge on any atom is 0.433 e. The number of anilines is 3. The number of aliphatic hydroxyl groups is 1. The van der Waals surface area contributed by atoms with Crippen LogP contribution in [0, 0.1) is 6.92 Å². The first-order valence-electron chi connectivity index (χ1n) is 9.07. The monoisotopic (exact) mass is 417 g/mol. The zero-order valence-electron chi connectivity index (χ0n) is 16.1. The molecule has 1 saturated heterocycles. The van der Waals surface area contributed by atoms with Crippen LogP contribution in [0.4, 0.5) is 30.8 Å². The molecule has 0 aromatic carbocycles. The highest BCUT2D eigenvalue weighted by Gasteiger charge is 2.38. The second kappa shape index (κ2) is 7.17. The predicted molar refractivity (Wildman–Crippen MR) is 103 cm³/mol. The van der Waals surface area contributed by atoms with Gasteiger partial charge in [0.1, 0.15) is 11.4 Å². The standard InChI is InChI=1S/C19H18F3N7O/c1-11-4-3-5-13(24-11)15-26-16(28-17(27-15)29-9-18(2,30)10-29)25-12-6-7-23-14(8-12)19(20,21)22/h3-8,30H,9-10H2,1-2H3,(H,23,25,26,27,28). The van der Waals surface area contributed by atoms with Crippen molar-refractivity contribution in [1.29, 1.82) is 0 Å². The Bertz CT molecular complexity index is 1080. The van der Waals surface area contributed by atoms with E-state index in [9.17, 15) is 18.3 Å². The summed E-state index contributed by atoms with van der Waals surface area (Å²) in [7, 11) is 0. The first-order chi connectivity index (χ1) is 14.1. The van der Waals surface area contributed by atoms with E-state index in [0.717, 1.165) is 18.0 Å². The minimum absolute atomic E-state index is 0.0594. The molecule has 11 heteroatoms. The van der Waals surface area contributed by atoms with E-state index in [4.69, 9.17) is 0 Å². The van der Waals surface area contributed by atoms with Gasteiger partial charge in [0.2, 0.25) is 11.9 Å². The summed E-state index contributed by atoms with van der Waals surface area (Å²) >= 11 is 0. The Balaban J connectivity index is 1.71. The molecule has 8 nitrogen and oxygen atoms in total. The Morgan fingerprint density at radius 3 is 2.53 bits per heavy atom. The Hall–Kier alpha value is -3.34. The quantitative estimate of drug-likeness (QED) is 0.668. The van der Waals surface area contributed by atoms with Gasteiger partial charge in [-0.25, -0.2) is 4.98 Å². The lowest BCUT2D eigenvalue weighted by Crippen LogP contribution is -2.60. The summed E-state index contributed by atoms with van der Waals surface area (Å²) in [4.78, 5) is 22.6. The zero-order chi connectivity index (χ0) is 21.5. The van der Waals surface area contributed by atoms with Crippen LogP contribution in [0.15, 0.2) is 36.5 Å². The third-order valence-corrected chi connectivity index (χ3v) is 4.39. The molecule has 0 saturated carbocycles. The molecule has 0 unspecified atom stereocenters. The van der Waals surface area contributed by atoms with Crippen molar-refractivity contribution in [3.63, 3.8) is 0 Å². The Morgan fingerprint density at radius 2 is 1.87 bits per heavy atom. The van der Waals surface area contributed by atoms with Crippen LogP contribution in [0.3, 0.4) is 0 Å². The van der Waals surface area contributed by atoms with Crippen molar-refractivity contribution in [3.8, 4) is 11.5 Å². The third-order valence-electron chi connectivity index (χ3n) is 4.39. The molecular formula is C19H18F3N7O. The van der Waals surface area contributed by atoms with E-state index >= 15 is 0 Å². The lowest BCUT2D eigenvalue weighted by Gasteiger charge is -2.44. The van der Waals surface area contributed by atoms with Crippen LogP contribution in [-0.4, -0.2) is 48.7 Å². The third kappa shape index (κ3) is 4.30. The van der Waals surface area contributed by atoms with Gasteiger partial charge in [0.05, 0.1) is 18.7 Å². The Kier molecular flexibility index (Phi) is 4.77. The first-order valence-corrected chi connectivity index (χ1v) is 9.07. The second-order valence-corrected chi connectivity index (χ2v) is 7.35. The number of aromatic nitrogens is 5. The number of rotatable bonds is 4. The van der Waals surface area contributed by atoms with E-state index in [2.05, 4.69) is 30.2 Å². The number of alkyl halides is 3. The van der Waals surface area contributed by atoms with Gasteiger partial charge in [-0.2, -0.15) is 28.1 Å². The molecule has 1 fully saturated rings. The number of β-amino-alcohol motifs (C(OH)–C–C–N with tert-alkyl or cyclic N) is 1. The molecule has 0 bridgehead atoms. The van der Waals surface area contributed by atoms with Gasteiger partial charge in [0.15, 0.2) is 5.82 Å². The van der Waals surface area contributed by atoms with Crippen LogP contribution in [-0.2, 0) is 6.18 Å². The van der Waals surface area contributed by atoms with Crippen molar-refractivity contribution in [2.24, 2.45) is 0 Å². The molecule has 2 N–H and O–H groups in total. The second-order valence-electron chi connectivity index (χ2n) is 7.35. The highest BCUT2D eigenvalue weighted by Crippen LogP contribution is 2.30. The van der Waals surface area contributed by atoms with E-state index in [1.807, 2.05) is 13.0 Å². The lowest BCUT2D eigenvalue weighted by molar-refractivity contribution is -0.141. The van der Waals surface area contributed by atoms with Crippen LogP contribution < -0.4 is 10.2 Å². The SMILES string of the molecule is Cc1cccc(-c2nc(Nc3ccnc(C(F)(F)F)c3)nc(N3CC(C)(O)C3)n2)n1. The van der Waals surface area contributed by atoms with Gasteiger partial charge in [0.25, 0.3) is 0 Å². The average Bonchev–Trinajstić information content (AvgIpc) is 2.65. The molecule has 1 aliphatic heterocycles. The number of hydrogen-bond donors (Lipinski definition) is 2. The molecule has 4 rings (SSSR count). The largest absolute Gasteiger partial charge is 0.433 e. The minimum Gasteiger partial charge on any atom is -0.386 e. The van der Waals surface area contributed by atoms with Crippen LogP contribution in [0.5, 0.6) is 0 Å². The van der Waals surface area contributed by atoms with Gasteiger partial charge in [-0.3, -0.25) is 4.98 Å². The van der Waals surface area contributed by atoms with Gasteiger partial charge in [-0.1, -0.05) is 6.07 Å². The fraction of sp³-hybridized carbons (Fsp3) is 0.316. The fourth-order valence-corrected chi connectivity index (χ4v) is 3.05. The van der Waals surface area contributed by atoms with Crippen molar-refractivity contribution in [2.45, 2.75) is 25.6 Å². The maximum atomic E-state index is 13.0. The van der Waals surface area contributed by atoms with Gasteiger partial charge < -0.3 is 15.3 Å². The van der Waals surface area contributed by atoms with Crippen molar-refractivity contribution in [1.82, 2.24) is 24.9 Å². The summed E-state index contributed by atoms with van der Waals surface area (Å²) in [6.45, 7) is 4.17.